The molecule has 3 heteroatoms. The maximum Gasteiger partial charge on any atom is 0.150 e. The van der Waals surface area contributed by atoms with Gasteiger partial charge in [-0.1, -0.05) is 15.9 Å². The van der Waals surface area contributed by atoms with Crippen LogP contribution in [0.3, 0.4) is 0 Å². The summed E-state index contributed by atoms with van der Waals surface area (Å²) in [5.74, 6) is 1.49. The van der Waals surface area contributed by atoms with Crippen LogP contribution in [0, 0.1) is 6.92 Å². The number of ether oxygens (including phenoxy) is 1. The minimum absolute atomic E-state index is 0.641. The fourth-order valence-corrected chi connectivity index (χ4v) is 2.10. The van der Waals surface area contributed by atoms with Crippen LogP contribution in [0.4, 0.5) is 0 Å². The van der Waals surface area contributed by atoms with E-state index in [-0.39, 0.29) is 0 Å². The normalized spacial score (nSPS) is 10.0. The molecular weight excluding hydrogens is 280 g/mol. The molecule has 0 N–H and O–H groups in total. The van der Waals surface area contributed by atoms with Crippen molar-refractivity contribution in [2.75, 3.05) is 0 Å². The van der Waals surface area contributed by atoms with Crippen LogP contribution in [0.2, 0.25) is 0 Å². The monoisotopic (exact) mass is 290 g/mol. The van der Waals surface area contributed by atoms with E-state index in [1.54, 1.807) is 24.3 Å². The van der Waals surface area contributed by atoms with Crippen molar-refractivity contribution in [3.63, 3.8) is 0 Å². The Balaban J connectivity index is 2.21. The Hall–Kier alpha value is -1.61. The van der Waals surface area contributed by atoms with E-state index in [1.165, 1.54) is 0 Å². The molecule has 86 valence electrons. The lowest BCUT2D eigenvalue weighted by Crippen LogP contribution is -1.86. The van der Waals surface area contributed by atoms with Crippen LogP contribution in [0.15, 0.2) is 46.9 Å². The highest BCUT2D eigenvalue weighted by molar-refractivity contribution is 9.10. The Bertz CT molecular complexity index is 512. The SMILES string of the molecule is Cc1cc(Br)cc(Oc2ccc(C=O)cc2)c1. The number of hydrogen-bond donors (Lipinski definition) is 0. The van der Waals surface area contributed by atoms with Crippen molar-refractivity contribution in [1.82, 2.24) is 0 Å². The number of hydrogen-bond acceptors (Lipinski definition) is 2. The standard InChI is InChI=1S/C14H11BrO2/c1-10-6-12(15)8-14(7-10)17-13-4-2-11(9-16)3-5-13/h2-9H,1H3. The molecule has 0 spiro atoms. The molecule has 0 fully saturated rings. The highest BCUT2D eigenvalue weighted by Gasteiger charge is 2.00. The summed E-state index contributed by atoms with van der Waals surface area (Å²) in [6.07, 6.45) is 0.813. The van der Waals surface area contributed by atoms with Crippen LogP contribution in [-0.4, -0.2) is 6.29 Å². The van der Waals surface area contributed by atoms with Crippen LogP contribution in [0.1, 0.15) is 15.9 Å². The van der Waals surface area contributed by atoms with Crippen LogP contribution in [0.25, 0.3) is 0 Å². The summed E-state index contributed by atoms with van der Waals surface area (Å²) in [7, 11) is 0. The lowest BCUT2D eigenvalue weighted by molar-refractivity contribution is 0.112. The first-order valence-electron chi connectivity index (χ1n) is 5.18. The summed E-state index contributed by atoms with van der Waals surface area (Å²) in [4.78, 5) is 10.5. The Morgan fingerprint density at radius 2 is 1.76 bits per heavy atom. The third-order valence-electron chi connectivity index (χ3n) is 2.27. The third-order valence-corrected chi connectivity index (χ3v) is 2.73. The largest absolute Gasteiger partial charge is 0.457 e. The molecule has 2 aromatic rings. The zero-order valence-corrected chi connectivity index (χ0v) is 10.9. The van der Waals surface area contributed by atoms with Crippen molar-refractivity contribution < 1.29 is 9.53 Å². The summed E-state index contributed by atoms with van der Waals surface area (Å²) in [6, 6.07) is 12.9. The van der Waals surface area contributed by atoms with Gasteiger partial charge in [-0.2, -0.15) is 0 Å². The third kappa shape index (κ3) is 3.17. The van der Waals surface area contributed by atoms with E-state index in [0.29, 0.717) is 11.3 Å². The fourth-order valence-electron chi connectivity index (χ4n) is 1.51. The summed E-state index contributed by atoms with van der Waals surface area (Å²) in [5, 5.41) is 0. The second-order valence-electron chi connectivity index (χ2n) is 3.75. The van der Waals surface area contributed by atoms with E-state index in [2.05, 4.69) is 15.9 Å². The Kier molecular flexibility index (Phi) is 3.59. The molecule has 0 aliphatic heterocycles. The summed E-state index contributed by atoms with van der Waals surface area (Å²) in [6.45, 7) is 2.01. The zero-order valence-electron chi connectivity index (χ0n) is 9.31. The topological polar surface area (TPSA) is 26.3 Å². The van der Waals surface area contributed by atoms with Crippen LogP contribution < -0.4 is 4.74 Å². The minimum atomic E-state index is 0.641. The second-order valence-corrected chi connectivity index (χ2v) is 4.67. The highest BCUT2D eigenvalue weighted by atomic mass is 79.9. The average molecular weight is 291 g/mol. The molecule has 0 amide bonds. The van der Waals surface area contributed by atoms with Crippen molar-refractivity contribution in [2.45, 2.75) is 6.92 Å². The van der Waals surface area contributed by atoms with Crippen molar-refractivity contribution >= 4 is 22.2 Å². The van der Waals surface area contributed by atoms with Gasteiger partial charge in [0.05, 0.1) is 0 Å². The summed E-state index contributed by atoms with van der Waals surface area (Å²) in [5.41, 5.74) is 1.77. The molecule has 2 rings (SSSR count). The van der Waals surface area contributed by atoms with Crippen molar-refractivity contribution in [2.24, 2.45) is 0 Å². The van der Waals surface area contributed by atoms with Crippen molar-refractivity contribution in [1.29, 1.82) is 0 Å². The smallest absolute Gasteiger partial charge is 0.150 e. The van der Waals surface area contributed by atoms with Crippen LogP contribution in [0.5, 0.6) is 11.5 Å². The molecule has 0 saturated carbocycles. The Morgan fingerprint density at radius 1 is 1.06 bits per heavy atom. The first-order valence-corrected chi connectivity index (χ1v) is 5.97. The fraction of sp³-hybridized carbons (Fsp3) is 0.0714. The predicted molar refractivity (Wildman–Crippen MR) is 70.8 cm³/mol. The van der Waals surface area contributed by atoms with E-state index in [4.69, 9.17) is 4.74 Å². The number of aldehydes is 1. The maximum atomic E-state index is 10.5. The van der Waals surface area contributed by atoms with Crippen LogP contribution >= 0.6 is 15.9 Å². The number of carbonyl (C=O) groups excluding carboxylic acids is 1. The lowest BCUT2D eigenvalue weighted by atomic mass is 10.2. The van der Waals surface area contributed by atoms with Crippen molar-refractivity contribution in [3.05, 3.63) is 58.1 Å². The van der Waals surface area contributed by atoms with Crippen molar-refractivity contribution in [3.8, 4) is 11.5 Å². The number of halogens is 1. The number of aryl methyl sites for hydroxylation is 1. The van der Waals surface area contributed by atoms with Gasteiger partial charge in [-0.25, -0.2) is 0 Å². The maximum absolute atomic E-state index is 10.5. The first kappa shape index (κ1) is 11.9. The number of rotatable bonds is 3. The van der Waals surface area contributed by atoms with E-state index in [9.17, 15) is 4.79 Å². The zero-order chi connectivity index (χ0) is 12.3. The Morgan fingerprint density at radius 3 is 2.35 bits per heavy atom. The quantitative estimate of drug-likeness (QED) is 0.785. The lowest BCUT2D eigenvalue weighted by Gasteiger charge is -2.07. The highest BCUT2D eigenvalue weighted by Crippen LogP contribution is 2.26. The van der Waals surface area contributed by atoms with Gasteiger partial charge in [0.2, 0.25) is 0 Å². The molecule has 0 saturated heterocycles. The molecule has 2 nitrogen and oxygen atoms in total. The molecule has 0 aromatic heterocycles. The molecule has 2 aromatic carbocycles. The van der Waals surface area contributed by atoms with Gasteiger partial charge >= 0.3 is 0 Å². The van der Waals surface area contributed by atoms with Gasteiger partial charge in [-0.15, -0.1) is 0 Å². The molecule has 0 radical (unpaired) electrons. The van der Waals surface area contributed by atoms with Gasteiger partial charge in [0.15, 0.2) is 0 Å². The summed E-state index contributed by atoms with van der Waals surface area (Å²) >= 11 is 3.42. The van der Waals surface area contributed by atoms with E-state index in [0.717, 1.165) is 22.1 Å². The number of benzene rings is 2. The molecule has 0 bridgehead atoms. The second kappa shape index (κ2) is 5.15. The predicted octanol–water partition coefficient (Wildman–Crippen LogP) is 4.36. The van der Waals surface area contributed by atoms with E-state index in [1.807, 2.05) is 25.1 Å². The minimum Gasteiger partial charge on any atom is -0.457 e. The van der Waals surface area contributed by atoms with Gasteiger partial charge < -0.3 is 4.74 Å². The molecular formula is C14H11BrO2. The molecule has 0 aliphatic rings. The van der Waals surface area contributed by atoms with Gasteiger partial charge in [-0.05, 0) is 55.0 Å². The molecule has 0 heterocycles. The first-order chi connectivity index (χ1) is 8.17. The Labute approximate surface area is 108 Å². The van der Waals surface area contributed by atoms with Gasteiger partial charge in [0, 0.05) is 10.0 Å². The van der Waals surface area contributed by atoms with E-state index >= 15 is 0 Å². The van der Waals surface area contributed by atoms with Gasteiger partial charge in [0.25, 0.3) is 0 Å². The van der Waals surface area contributed by atoms with Gasteiger partial charge in [-0.3, -0.25) is 4.79 Å². The molecule has 0 unspecified atom stereocenters. The average Bonchev–Trinajstić information content (AvgIpc) is 2.28. The molecule has 0 aliphatic carbocycles. The summed E-state index contributed by atoms with van der Waals surface area (Å²) < 4.78 is 6.68. The molecule has 0 atom stereocenters. The van der Waals surface area contributed by atoms with E-state index < -0.39 is 0 Å². The van der Waals surface area contributed by atoms with Gasteiger partial charge in [0.1, 0.15) is 17.8 Å². The van der Waals surface area contributed by atoms with Crippen LogP contribution in [-0.2, 0) is 0 Å². The number of carbonyl (C=O) groups is 1. The molecule has 17 heavy (non-hydrogen) atoms.